The van der Waals surface area contributed by atoms with E-state index < -0.39 is 0 Å². The number of nitrogens with one attached hydrogen (secondary N) is 1. The van der Waals surface area contributed by atoms with Crippen molar-refractivity contribution in [2.24, 2.45) is 0 Å². The Labute approximate surface area is 94.6 Å². The predicted octanol–water partition coefficient (Wildman–Crippen LogP) is 2.14. The lowest BCUT2D eigenvalue weighted by atomic mass is 10.1. The lowest BCUT2D eigenvalue weighted by Crippen LogP contribution is -2.19. The zero-order valence-corrected chi connectivity index (χ0v) is 9.48. The Bertz CT molecular complexity index is 429. The van der Waals surface area contributed by atoms with Crippen LogP contribution in [0.1, 0.15) is 18.1 Å². The lowest BCUT2D eigenvalue weighted by Gasteiger charge is -1.98. The lowest BCUT2D eigenvalue weighted by molar-refractivity contribution is -0.118. The predicted molar refractivity (Wildman–Crippen MR) is 61.8 cm³/mol. The fourth-order valence-electron chi connectivity index (χ4n) is 1.04. The van der Waals surface area contributed by atoms with Crippen LogP contribution in [0.15, 0.2) is 18.2 Å². The van der Waals surface area contributed by atoms with Gasteiger partial charge >= 0.3 is 0 Å². The number of hydrogen-bond acceptors (Lipinski definition) is 1. The molecule has 0 aliphatic heterocycles. The summed E-state index contributed by atoms with van der Waals surface area (Å²) in [6.07, 6.45) is 0. The van der Waals surface area contributed by atoms with E-state index in [1.54, 1.807) is 0 Å². The van der Waals surface area contributed by atoms with Gasteiger partial charge in [0.05, 0.1) is 6.54 Å². The molecular formula is C12H12ClNO. The zero-order chi connectivity index (χ0) is 11.3. The van der Waals surface area contributed by atoms with Crippen LogP contribution >= 0.6 is 11.6 Å². The van der Waals surface area contributed by atoms with Gasteiger partial charge in [0, 0.05) is 17.5 Å². The molecule has 78 valence electrons. The van der Waals surface area contributed by atoms with Crippen molar-refractivity contribution < 1.29 is 4.79 Å². The van der Waals surface area contributed by atoms with Crippen LogP contribution in [0.25, 0.3) is 0 Å². The maximum atomic E-state index is 10.6. The molecule has 0 radical (unpaired) electrons. The average molecular weight is 222 g/mol. The van der Waals surface area contributed by atoms with Gasteiger partial charge in [-0.2, -0.15) is 0 Å². The van der Waals surface area contributed by atoms with Crippen molar-refractivity contribution in [3.63, 3.8) is 0 Å². The Balaban J connectivity index is 2.71. The minimum atomic E-state index is -0.0767. The average Bonchev–Trinajstić information content (AvgIpc) is 2.17. The first-order valence-electron chi connectivity index (χ1n) is 4.59. The fourth-order valence-corrected chi connectivity index (χ4v) is 1.21. The number of carbonyl (C=O) groups excluding carboxylic acids is 1. The zero-order valence-electron chi connectivity index (χ0n) is 8.73. The van der Waals surface area contributed by atoms with E-state index in [1.165, 1.54) is 6.92 Å². The fraction of sp³-hybridized carbons (Fsp3) is 0.250. The van der Waals surface area contributed by atoms with Crippen LogP contribution in [0.3, 0.4) is 0 Å². The molecule has 0 heterocycles. The maximum Gasteiger partial charge on any atom is 0.217 e. The molecule has 0 atom stereocenters. The van der Waals surface area contributed by atoms with Gasteiger partial charge in [-0.1, -0.05) is 29.5 Å². The van der Waals surface area contributed by atoms with E-state index in [0.717, 1.165) is 11.1 Å². The van der Waals surface area contributed by atoms with Gasteiger partial charge in [-0.25, -0.2) is 0 Å². The monoisotopic (exact) mass is 221 g/mol. The highest BCUT2D eigenvalue weighted by atomic mass is 35.5. The molecule has 0 bridgehead atoms. The van der Waals surface area contributed by atoms with Crippen molar-refractivity contribution in [3.8, 4) is 11.8 Å². The van der Waals surface area contributed by atoms with Crippen molar-refractivity contribution in [1.29, 1.82) is 0 Å². The number of hydrogen-bond donors (Lipinski definition) is 1. The van der Waals surface area contributed by atoms with Crippen molar-refractivity contribution in [2.75, 3.05) is 6.54 Å². The standard InChI is InChI=1S/C12H12ClNO/c1-9-5-6-12(13)8-11(9)4-3-7-14-10(2)15/h5-6,8H,7H2,1-2H3,(H,14,15). The molecule has 2 nitrogen and oxygen atoms in total. The summed E-state index contributed by atoms with van der Waals surface area (Å²) >= 11 is 5.84. The quantitative estimate of drug-likeness (QED) is 0.724. The van der Waals surface area contributed by atoms with Crippen LogP contribution in [-0.4, -0.2) is 12.5 Å². The van der Waals surface area contributed by atoms with Crippen molar-refractivity contribution in [2.45, 2.75) is 13.8 Å². The van der Waals surface area contributed by atoms with Crippen molar-refractivity contribution >= 4 is 17.5 Å². The molecule has 0 saturated heterocycles. The topological polar surface area (TPSA) is 29.1 Å². The number of rotatable bonds is 1. The van der Waals surface area contributed by atoms with Gasteiger partial charge in [-0.05, 0) is 24.6 Å². The molecule has 1 N–H and O–H groups in total. The Morgan fingerprint density at radius 1 is 1.53 bits per heavy atom. The maximum absolute atomic E-state index is 10.6. The molecule has 0 aliphatic rings. The summed E-state index contributed by atoms with van der Waals surface area (Å²) in [5, 5.41) is 3.28. The van der Waals surface area contributed by atoms with E-state index in [4.69, 9.17) is 11.6 Å². The molecule has 1 aromatic rings. The number of aryl methyl sites for hydroxylation is 1. The van der Waals surface area contributed by atoms with Gasteiger partial charge in [0.1, 0.15) is 0 Å². The second kappa shape index (κ2) is 5.43. The molecular weight excluding hydrogens is 210 g/mol. The Hall–Kier alpha value is -1.46. The Morgan fingerprint density at radius 3 is 2.93 bits per heavy atom. The summed E-state index contributed by atoms with van der Waals surface area (Å²) in [5.74, 6) is 5.74. The molecule has 0 saturated carbocycles. The molecule has 1 amide bonds. The largest absolute Gasteiger partial charge is 0.345 e. The SMILES string of the molecule is CC(=O)NCC#Cc1cc(Cl)ccc1C. The minimum Gasteiger partial charge on any atom is -0.345 e. The molecule has 0 unspecified atom stereocenters. The van der Waals surface area contributed by atoms with Crippen LogP contribution in [-0.2, 0) is 4.79 Å². The van der Waals surface area contributed by atoms with Gasteiger partial charge in [0.25, 0.3) is 0 Å². The number of halogens is 1. The number of amides is 1. The summed E-state index contributed by atoms with van der Waals surface area (Å²) < 4.78 is 0. The molecule has 0 aromatic heterocycles. The second-order valence-electron chi connectivity index (χ2n) is 3.17. The summed E-state index contributed by atoms with van der Waals surface area (Å²) in [6.45, 7) is 3.80. The van der Waals surface area contributed by atoms with E-state index in [0.29, 0.717) is 11.6 Å². The number of benzene rings is 1. The van der Waals surface area contributed by atoms with Crippen LogP contribution in [0.2, 0.25) is 5.02 Å². The first-order valence-corrected chi connectivity index (χ1v) is 4.97. The van der Waals surface area contributed by atoms with Gasteiger partial charge in [0.2, 0.25) is 5.91 Å². The summed E-state index contributed by atoms with van der Waals surface area (Å²) in [4.78, 5) is 10.6. The first kappa shape index (κ1) is 11.6. The third-order valence-corrected chi connectivity index (χ3v) is 2.08. The van der Waals surface area contributed by atoms with E-state index in [2.05, 4.69) is 17.2 Å². The van der Waals surface area contributed by atoms with E-state index in [1.807, 2.05) is 25.1 Å². The highest BCUT2D eigenvalue weighted by Gasteiger charge is 1.94. The van der Waals surface area contributed by atoms with Crippen LogP contribution < -0.4 is 5.32 Å². The van der Waals surface area contributed by atoms with E-state index >= 15 is 0 Å². The van der Waals surface area contributed by atoms with Gasteiger partial charge in [-0.15, -0.1) is 0 Å². The van der Waals surface area contributed by atoms with Crippen LogP contribution in [0.5, 0.6) is 0 Å². The molecule has 3 heteroatoms. The summed E-state index contributed by atoms with van der Waals surface area (Å²) in [6, 6.07) is 5.57. The highest BCUT2D eigenvalue weighted by molar-refractivity contribution is 6.30. The molecule has 0 fully saturated rings. The minimum absolute atomic E-state index is 0.0767. The summed E-state index contributed by atoms with van der Waals surface area (Å²) in [5.41, 5.74) is 1.97. The molecule has 1 rings (SSSR count). The van der Waals surface area contributed by atoms with E-state index in [-0.39, 0.29) is 5.91 Å². The summed E-state index contributed by atoms with van der Waals surface area (Å²) in [7, 11) is 0. The van der Waals surface area contributed by atoms with Gasteiger partial charge < -0.3 is 5.32 Å². The molecule has 0 aliphatic carbocycles. The third-order valence-electron chi connectivity index (χ3n) is 1.85. The molecule has 15 heavy (non-hydrogen) atoms. The Morgan fingerprint density at radius 2 is 2.27 bits per heavy atom. The first-order chi connectivity index (χ1) is 7.09. The normalized spacial score (nSPS) is 9.00. The van der Waals surface area contributed by atoms with Crippen molar-refractivity contribution in [3.05, 3.63) is 34.3 Å². The van der Waals surface area contributed by atoms with Crippen molar-refractivity contribution in [1.82, 2.24) is 5.32 Å². The van der Waals surface area contributed by atoms with E-state index in [9.17, 15) is 4.79 Å². The third kappa shape index (κ3) is 4.05. The van der Waals surface area contributed by atoms with Gasteiger partial charge in [0.15, 0.2) is 0 Å². The highest BCUT2D eigenvalue weighted by Crippen LogP contribution is 2.13. The Kier molecular flexibility index (Phi) is 4.20. The smallest absolute Gasteiger partial charge is 0.217 e. The number of carbonyl (C=O) groups is 1. The molecule has 0 spiro atoms. The van der Waals surface area contributed by atoms with Gasteiger partial charge in [-0.3, -0.25) is 4.79 Å². The van der Waals surface area contributed by atoms with Crippen LogP contribution in [0.4, 0.5) is 0 Å². The van der Waals surface area contributed by atoms with Crippen LogP contribution in [0, 0.1) is 18.8 Å². The molecule has 1 aromatic carbocycles. The second-order valence-corrected chi connectivity index (χ2v) is 3.61.